The van der Waals surface area contributed by atoms with Crippen LogP contribution in [0.5, 0.6) is 5.75 Å². The summed E-state index contributed by atoms with van der Waals surface area (Å²) in [6.07, 6.45) is 8.42. The third-order valence-electron chi connectivity index (χ3n) is 4.00. The number of thiophene rings is 1. The monoisotopic (exact) mass is 260 g/mol. The molecule has 0 spiro atoms. The topological polar surface area (TPSA) is 9.23 Å². The van der Waals surface area contributed by atoms with Crippen molar-refractivity contribution in [2.75, 3.05) is 7.11 Å². The number of rotatable bonds is 2. The van der Waals surface area contributed by atoms with Crippen LogP contribution >= 0.6 is 11.3 Å². The van der Waals surface area contributed by atoms with E-state index in [9.17, 15) is 0 Å². The second-order valence-electron chi connectivity index (χ2n) is 5.24. The van der Waals surface area contributed by atoms with E-state index in [2.05, 4.69) is 24.3 Å². The lowest BCUT2D eigenvalue weighted by Crippen LogP contribution is -1.93. The van der Waals surface area contributed by atoms with Gasteiger partial charge in [0.15, 0.2) is 0 Å². The molecule has 18 heavy (non-hydrogen) atoms. The number of methoxy groups -OCH3 is 1. The molecule has 2 heteroatoms. The molecule has 1 nitrogen and oxygen atoms in total. The average Bonchev–Trinajstić information content (AvgIpc) is 2.63. The zero-order valence-electron chi connectivity index (χ0n) is 10.9. The van der Waals surface area contributed by atoms with Gasteiger partial charge in [-0.3, -0.25) is 0 Å². The highest BCUT2D eigenvalue weighted by Gasteiger charge is 2.16. The van der Waals surface area contributed by atoms with Gasteiger partial charge in [0, 0.05) is 9.58 Å². The molecule has 0 bridgehead atoms. The lowest BCUT2D eigenvalue weighted by molar-refractivity contribution is 0.415. The number of fused-ring (bicyclic) bond motifs is 1. The maximum absolute atomic E-state index is 5.30. The van der Waals surface area contributed by atoms with Crippen LogP contribution in [-0.2, 0) is 0 Å². The molecule has 1 heterocycles. The van der Waals surface area contributed by atoms with Crippen LogP contribution in [0.3, 0.4) is 0 Å². The highest BCUT2D eigenvalue weighted by molar-refractivity contribution is 7.19. The van der Waals surface area contributed by atoms with Crippen molar-refractivity contribution in [1.29, 1.82) is 0 Å². The molecule has 0 radical (unpaired) electrons. The molecule has 0 atom stereocenters. The SMILES string of the molecule is COc1ccc2cc(C3CCCCCC3)sc2c1. The summed E-state index contributed by atoms with van der Waals surface area (Å²) < 4.78 is 6.67. The van der Waals surface area contributed by atoms with Crippen molar-refractivity contribution in [1.82, 2.24) is 0 Å². The van der Waals surface area contributed by atoms with E-state index in [0.717, 1.165) is 11.7 Å². The minimum absolute atomic E-state index is 0.802. The van der Waals surface area contributed by atoms with Crippen LogP contribution in [0.25, 0.3) is 10.1 Å². The van der Waals surface area contributed by atoms with Gasteiger partial charge in [-0.2, -0.15) is 0 Å². The van der Waals surface area contributed by atoms with Crippen molar-refractivity contribution >= 4 is 21.4 Å². The highest BCUT2D eigenvalue weighted by atomic mass is 32.1. The number of benzene rings is 1. The van der Waals surface area contributed by atoms with E-state index < -0.39 is 0 Å². The fourth-order valence-corrected chi connectivity index (χ4v) is 4.19. The van der Waals surface area contributed by atoms with Crippen LogP contribution in [0.15, 0.2) is 24.3 Å². The largest absolute Gasteiger partial charge is 0.497 e. The first kappa shape index (κ1) is 12.0. The van der Waals surface area contributed by atoms with Gasteiger partial charge in [0.25, 0.3) is 0 Å². The molecule has 0 saturated heterocycles. The van der Waals surface area contributed by atoms with Crippen LogP contribution in [-0.4, -0.2) is 7.11 Å². The Hall–Kier alpha value is -1.02. The molecule has 0 aliphatic heterocycles. The van der Waals surface area contributed by atoms with Gasteiger partial charge in [-0.25, -0.2) is 0 Å². The molecule has 1 fully saturated rings. The Kier molecular flexibility index (Phi) is 3.55. The van der Waals surface area contributed by atoms with Crippen LogP contribution in [0.1, 0.15) is 49.3 Å². The van der Waals surface area contributed by atoms with Gasteiger partial charge in [-0.15, -0.1) is 11.3 Å². The van der Waals surface area contributed by atoms with E-state index in [1.165, 1.54) is 48.6 Å². The summed E-state index contributed by atoms with van der Waals surface area (Å²) in [6, 6.07) is 8.81. The molecule has 1 aliphatic carbocycles. The van der Waals surface area contributed by atoms with Gasteiger partial charge in [0.1, 0.15) is 5.75 Å². The van der Waals surface area contributed by atoms with Gasteiger partial charge >= 0.3 is 0 Å². The molecule has 1 aromatic carbocycles. The van der Waals surface area contributed by atoms with E-state index >= 15 is 0 Å². The first-order valence-corrected chi connectivity index (χ1v) is 7.76. The van der Waals surface area contributed by atoms with Crippen molar-refractivity contribution in [2.45, 2.75) is 44.4 Å². The first-order chi connectivity index (χ1) is 8.86. The Morgan fingerprint density at radius 2 is 1.83 bits per heavy atom. The molecule has 0 N–H and O–H groups in total. The molecule has 1 aliphatic rings. The molecule has 3 rings (SSSR count). The van der Waals surface area contributed by atoms with E-state index in [-0.39, 0.29) is 0 Å². The quantitative estimate of drug-likeness (QED) is 0.661. The predicted molar refractivity (Wildman–Crippen MR) is 78.8 cm³/mol. The Balaban J connectivity index is 1.91. The smallest absolute Gasteiger partial charge is 0.120 e. The van der Waals surface area contributed by atoms with Crippen LogP contribution < -0.4 is 4.74 Å². The summed E-state index contributed by atoms with van der Waals surface area (Å²) in [6.45, 7) is 0. The van der Waals surface area contributed by atoms with E-state index in [1.54, 1.807) is 12.0 Å². The van der Waals surface area contributed by atoms with Gasteiger partial charge in [-0.1, -0.05) is 25.7 Å². The second-order valence-corrected chi connectivity index (χ2v) is 6.36. The summed E-state index contributed by atoms with van der Waals surface area (Å²) in [7, 11) is 1.74. The van der Waals surface area contributed by atoms with Crippen LogP contribution in [0.4, 0.5) is 0 Å². The predicted octanol–water partition coefficient (Wildman–Crippen LogP) is 5.35. The summed E-state index contributed by atoms with van der Waals surface area (Å²) in [4.78, 5) is 1.58. The second kappa shape index (κ2) is 5.31. The summed E-state index contributed by atoms with van der Waals surface area (Å²) in [5.74, 6) is 1.77. The molecular formula is C16H20OS. The zero-order chi connectivity index (χ0) is 12.4. The van der Waals surface area contributed by atoms with Crippen molar-refractivity contribution in [3.05, 3.63) is 29.1 Å². The Labute approximate surface area is 113 Å². The third-order valence-corrected chi connectivity index (χ3v) is 5.26. The van der Waals surface area contributed by atoms with Crippen molar-refractivity contribution in [3.8, 4) is 5.75 Å². The maximum atomic E-state index is 5.30. The Morgan fingerprint density at radius 3 is 2.56 bits per heavy atom. The minimum Gasteiger partial charge on any atom is -0.497 e. The maximum Gasteiger partial charge on any atom is 0.120 e. The molecule has 0 amide bonds. The van der Waals surface area contributed by atoms with Crippen molar-refractivity contribution in [3.63, 3.8) is 0 Å². The Morgan fingerprint density at radius 1 is 1.06 bits per heavy atom. The van der Waals surface area contributed by atoms with Crippen LogP contribution in [0.2, 0.25) is 0 Å². The molecule has 0 unspecified atom stereocenters. The molecule has 1 aromatic heterocycles. The summed E-state index contributed by atoms with van der Waals surface area (Å²) in [5.41, 5.74) is 0. The van der Waals surface area contributed by atoms with Crippen molar-refractivity contribution < 1.29 is 4.74 Å². The zero-order valence-corrected chi connectivity index (χ0v) is 11.8. The van der Waals surface area contributed by atoms with Crippen LogP contribution in [0, 0.1) is 0 Å². The molecular weight excluding hydrogens is 240 g/mol. The number of hydrogen-bond acceptors (Lipinski definition) is 2. The lowest BCUT2D eigenvalue weighted by Gasteiger charge is -2.10. The van der Waals surface area contributed by atoms with E-state index in [4.69, 9.17) is 4.74 Å². The van der Waals surface area contributed by atoms with Crippen molar-refractivity contribution in [2.24, 2.45) is 0 Å². The molecule has 2 aromatic rings. The van der Waals surface area contributed by atoms with E-state index in [1.807, 2.05) is 11.3 Å². The summed E-state index contributed by atoms with van der Waals surface area (Å²) >= 11 is 1.96. The fraction of sp³-hybridized carbons (Fsp3) is 0.500. The van der Waals surface area contributed by atoms with E-state index in [0.29, 0.717) is 0 Å². The van der Waals surface area contributed by atoms with Gasteiger partial charge in [0.05, 0.1) is 7.11 Å². The average molecular weight is 260 g/mol. The Bertz CT molecular complexity index is 521. The summed E-state index contributed by atoms with van der Waals surface area (Å²) in [5, 5.41) is 1.38. The van der Waals surface area contributed by atoms with Gasteiger partial charge < -0.3 is 4.74 Å². The minimum atomic E-state index is 0.802. The first-order valence-electron chi connectivity index (χ1n) is 6.94. The number of hydrogen-bond donors (Lipinski definition) is 0. The normalized spacial score (nSPS) is 17.8. The third kappa shape index (κ3) is 2.39. The standard InChI is InChI=1S/C16H20OS/c1-17-14-9-8-13-10-15(18-16(13)11-14)12-6-4-2-3-5-7-12/h8-12H,2-7H2,1H3. The lowest BCUT2D eigenvalue weighted by atomic mass is 9.98. The molecule has 96 valence electrons. The molecule has 1 saturated carbocycles. The fourth-order valence-electron chi connectivity index (χ4n) is 2.92. The van der Waals surface area contributed by atoms with Gasteiger partial charge in [-0.05, 0) is 48.4 Å². The highest BCUT2D eigenvalue weighted by Crippen LogP contribution is 2.39. The van der Waals surface area contributed by atoms with Gasteiger partial charge in [0.2, 0.25) is 0 Å². The number of ether oxygens (including phenoxy) is 1.